The van der Waals surface area contributed by atoms with Crippen molar-refractivity contribution in [3.63, 3.8) is 0 Å². The molecule has 2 aromatic carbocycles. The van der Waals surface area contributed by atoms with Crippen molar-refractivity contribution in [3.05, 3.63) is 53.0 Å². The molecule has 3 rings (SSSR count). The number of benzene rings is 2. The van der Waals surface area contributed by atoms with Gasteiger partial charge in [0.1, 0.15) is 5.82 Å². The molecule has 0 saturated heterocycles. The summed E-state index contributed by atoms with van der Waals surface area (Å²) in [5, 5.41) is 0. The van der Waals surface area contributed by atoms with E-state index in [0.29, 0.717) is 0 Å². The van der Waals surface area contributed by atoms with E-state index >= 15 is 0 Å². The molecule has 106 valence electrons. The first-order valence-electron chi connectivity index (χ1n) is 6.81. The first-order valence-corrected chi connectivity index (χ1v) is 7.60. The molecule has 3 nitrogen and oxygen atoms in total. The van der Waals surface area contributed by atoms with Gasteiger partial charge in [0, 0.05) is 10.0 Å². The van der Waals surface area contributed by atoms with E-state index in [0.717, 1.165) is 26.9 Å². The summed E-state index contributed by atoms with van der Waals surface area (Å²) in [6.07, 6.45) is 0. The molecule has 0 N–H and O–H groups in total. The minimum Gasteiger partial charge on any atom is -0.314 e. The average Bonchev–Trinajstić information content (AvgIpc) is 2.85. The van der Waals surface area contributed by atoms with Crippen LogP contribution in [0.15, 0.2) is 53.0 Å². The van der Waals surface area contributed by atoms with Crippen LogP contribution in [0.5, 0.6) is 0 Å². The summed E-state index contributed by atoms with van der Waals surface area (Å²) in [6, 6.07) is 15.6. The molecule has 1 unspecified atom stereocenters. The van der Waals surface area contributed by atoms with Gasteiger partial charge in [-0.25, -0.2) is 4.98 Å². The van der Waals surface area contributed by atoms with Crippen LogP contribution in [-0.2, 0) is 4.79 Å². The van der Waals surface area contributed by atoms with Gasteiger partial charge in [-0.15, -0.1) is 0 Å². The first kappa shape index (κ1) is 14.0. The van der Waals surface area contributed by atoms with Gasteiger partial charge in [0.2, 0.25) is 0 Å². The van der Waals surface area contributed by atoms with E-state index < -0.39 is 0 Å². The number of halogens is 1. The van der Waals surface area contributed by atoms with E-state index in [9.17, 15) is 4.79 Å². The molecule has 21 heavy (non-hydrogen) atoms. The third kappa shape index (κ3) is 2.51. The third-order valence-corrected chi connectivity index (χ3v) is 4.15. The second-order valence-corrected chi connectivity index (χ2v) is 6.01. The zero-order chi connectivity index (χ0) is 15.0. The normalized spacial score (nSPS) is 12.5. The lowest BCUT2D eigenvalue weighted by Crippen LogP contribution is -2.14. The van der Waals surface area contributed by atoms with Gasteiger partial charge in [0.25, 0.3) is 0 Å². The Labute approximate surface area is 131 Å². The molecule has 0 saturated carbocycles. The highest BCUT2D eigenvalue weighted by molar-refractivity contribution is 9.10. The fourth-order valence-corrected chi connectivity index (χ4v) is 2.85. The monoisotopic (exact) mass is 342 g/mol. The number of hydrogen-bond acceptors (Lipinski definition) is 2. The van der Waals surface area contributed by atoms with Crippen molar-refractivity contribution in [2.24, 2.45) is 0 Å². The van der Waals surface area contributed by atoms with Gasteiger partial charge in [0.05, 0.1) is 17.1 Å². The molecule has 1 atom stereocenters. The maximum Gasteiger partial charge on any atom is 0.152 e. The van der Waals surface area contributed by atoms with Crippen LogP contribution >= 0.6 is 15.9 Å². The van der Waals surface area contributed by atoms with Gasteiger partial charge in [-0.1, -0.05) is 40.2 Å². The van der Waals surface area contributed by atoms with E-state index in [1.165, 1.54) is 0 Å². The number of aromatic nitrogens is 2. The Morgan fingerprint density at radius 1 is 1.19 bits per heavy atom. The van der Waals surface area contributed by atoms with Gasteiger partial charge in [0.15, 0.2) is 5.78 Å². The summed E-state index contributed by atoms with van der Waals surface area (Å²) in [5.41, 5.74) is 2.88. The Hall–Kier alpha value is -1.94. The van der Waals surface area contributed by atoms with E-state index in [-0.39, 0.29) is 11.8 Å². The summed E-state index contributed by atoms with van der Waals surface area (Å²) in [5.74, 6) is 0.939. The molecule has 0 spiro atoms. The number of ketones is 1. The lowest BCUT2D eigenvalue weighted by atomic mass is 10.1. The van der Waals surface area contributed by atoms with Gasteiger partial charge in [-0.3, -0.25) is 4.79 Å². The van der Waals surface area contributed by atoms with E-state index in [4.69, 9.17) is 4.98 Å². The number of para-hydroxylation sites is 2. The number of fused-ring (bicyclic) bond motifs is 1. The van der Waals surface area contributed by atoms with Crippen molar-refractivity contribution in [1.29, 1.82) is 0 Å². The van der Waals surface area contributed by atoms with Crippen molar-refractivity contribution in [3.8, 4) is 11.4 Å². The second kappa shape index (κ2) is 5.45. The van der Waals surface area contributed by atoms with Crippen LogP contribution in [0.2, 0.25) is 0 Å². The molecule has 0 amide bonds. The number of rotatable bonds is 3. The number of Topliss-reactive ketones (excluding diaryl/α,β-unsaturated/α-hetero) is 1. The van der Waals surface area contributed by atoms with E-state index in [1.807, 2.05) is 60.0 Å². The minimum atomic E-state index is -0.244. The maximum atomic E-state index is 11.9. The standard InChI is InChI=1S/C17H15BrN2O/c1-11(12(2)21)20-16-9-4-3-8-15(16)19-17(20)13-6-5-7-14(18)10-13/h3-11H,1-2H3. The fourth-order valence-electron chi connectivity index (χ4n) is 2.45. The molecular weight excluding hydrogens is 328 g/mol. The molecule has 0 radical (unpaired) electrons. The van der Waals surface area contributed by atoms with Gasteiger partial charge in [-0.05, 0) is 38.1 Å². The van der Waals surface area contributed by atoms with Crippen LogP contribution in [-0.4, -0.2) is 15.3 Å². The number of carbonyl (C=O) groups is 1. The smallest absolute Gasteiger partial charge is 0.152 e. The maximum absolute atomic E-state index is 11.9. The lowest BCUT2D eigenvalue weighted by molar-refractivity contribution is -0.119. The minimum absolute atomic E-state index is 0.120. The first-order chi connectivity index (χ1) is 10.1. The van der Waals surface area contributed by atoms with Gasteiger partial charge >= 0.3 is 0 Å². The number of carbonyl (C=O) groups excluding carboxylic acids is 1. The highest BCUT2D eigenvalue weighted by Gasteiger charge is 2.19. The molecule has 0 aliphatic carbocycles. The molecule has 3 aromatic rings. The topological polar surface area (TPSA) is 34.9 Å². The highest BCUT2D eigenvalue weighted by Crippen LogP contribution is 2.30. The Balaban J connectivity index is 2.31. The predicted molar refractivity (Wildman–Crippen MR) is 88.3 cm³/mol. The number of nitrogens with zero attached hydrogens (tertiary/aromatic N) is 2. The van der Waals surface area contributed by atoms with Crippen molar-refractivity contribution < 1.29 is 4.79 Å². The van der Waals surface area contributed by atoms with E-state index in [1.54, 1.807) is 6.92 Å². The molecule has 4 heteroatoms. The molecule has 1 heterocycles. The Morgan fingerprint density at radius 3 is 2.67 bits per heavy atom. The van der Waals surface area contributed by atoms with Crippen LogP contribution in [0.3, 0.4) is 0 Å². The third-order valence-electron chi connectivity index (χ3n) is 3.65. The Kier molecular flexibility index (Phi) is 3.64. The summed E-state index contributed by atoms with van der Waals surface area (Å²) in [4.78, 5) is 16.6. The zero-order valence-electron chi connectivity index (χ0n) is 11.9. The summed E-state index contributed by atoms with van der Waals surface area (Å²) in [6.45, 7) is 3.53. The van der Waals surface area contributed by atoms with Crippen molar-refractivity contribution in [2.75, 3.05) is 0 Å². The van der Waals surface area contributed by atoms with Crippen LogP contribution in [0.25, 0.3) is 22.4 Å². The highest BCUT2D eigenvalue weighted by atomic mass is 79.9. The van der Waals surface area contributed by atoms with Crippen molar-refractivity contribution >= 4 is 32.7 Å². The predicted octanol–water partition coefficient (Wildman–Crippen LogP) is 4.62. The summed E-state index contributed by atoms with van der Waals surface area (Å²) in [7, 11) is 0. The molecule has 0 fully saturated rings. The number of imidazole rings is 1. The SMILES string of the molecule is CC(=O)C(C)n1c(-c2cccc(Br)c2)nc2ccccc21. The average molecular weight is 343 g/mol. The Bertz CT molecular complexity index is 823. The van der Waals surface area contributed by atoms with Crippen molar-refractivity contribution in [2.45, 2.75) is 19.9 Å². The molecule has 1 aromatic heterocycles. The molecule has 0 aliphatic heterocycles. The van der Waals surface area contributed by atoms with Crippen LogP contribution in [0, 0.1) is 0 Å². The van der Waals surface area contributed by atoms with Gasteiger partial charge in [-0.2, -0.15) is 0 Å². The fraction of sp³-hybridized carbons (Fsp3) is 0.176. The van der Waals surface area contributed by atoms with Crippen LogP contribution < -0.4 is 0 Å². The van der Waals surface area contributed by atoms with Crippen LogP contribution in [0.4, 0.5) is 0 Å². The Morgan fingerprint density at radius 2 is 1.95 bits per heavy atom. The number of hydrogen-bond donors (Lipinski definition) is 0. The molecule has 0 aliphatic rings. The van der Waals surface area contributed by atoms with Gasteiger partial charge < -0.3 is 4.57 Å². The van der Waals surface area contributed by atoms with Crippen molar-refractivity contribution in [1.82, 2.24) is 9.55 Å². The second-order valence-electron chi connectivity index (χ2n) is 5.09. The summed E-state index contributed by atoms with van der Waals surface area (Å²) >= 11 is 3.49. The largest absolute Gasteiger partial charge is 0.314 e. The van der Waals surface area contributed by atoms with Crippen LogP contribution in [0.1, 0.15) is 19.9 Å². The van der Waals surface area contributed by atoms with E-state index in [2.05, 4.69) is 15.9 Å². The summed E-state index contributed by atoms with van der Waals surface area (Å²) < 4.78 is 3.01. The quantitative estimate of drug-likeness (QED) is 0.696. The lowest BCUT2D eigenvalue weighted by Gasteiger charge is -2.15. The molecular formula is C17H15BrN2O. The molecule has 0 bridgehead atoms. The zero-order valence-corrected chi connectivity index (χ0v) is 13.5.